The van der Waals surface area contributed by atoms with E-state index in [1.165, 1.54) is 11.9 Å². The predicted molar refractivity (Wildman–Crippen MR) is 109 cm³/mol. The first-order valence-electron chi connectivity index (χ1n) is 10.2. The molecule has 1 aromatic carbocycles. The van der Waals surface area contributed by atoms with Crippen LogP contribution in [0.4, 0.5) is 0 Å². The average molecular weight is 394 g/mol. The van der Waals surface area contributed by atoms with Gasteiger partial charge in [-0.3, -0.25) is 0 Å². The predicted octanol–water partition coefficient (Wildman–Crippen LogP) is 2.19. The van der Waals surface area contributed by atoms with Gasteiger partial charge in [0.1, 0.15) is 36.0 Å². The molecular weight excluding hydrogens is 368 g/mol. The van der Waals surface area contributed by atoms with E-state index in [1.807, 2.05) is 35.9 Å². The minimum absolute atomic E-state index is 0.0534. The van der Waals surface area contributed by atoms with Crippen LogP contribution in [0.1, 0.15) is 48.2 Å². The number of hydrogen-bond acceptors (Lipinski definition) is 6. The zero-order valence-corrected chi connectivity index (χ0v) is 16.4. The highest BCUT2D eigenvalue weighted by atomic mass is 16.5. The summed E-state index contributed by atoms with van der Waals surface area (Å²) < 4.78 is 8.18. The summed E-state index contributed by atoms with van der Waals surface area (Å²) in [7, 11) is 0. The Hall–Kier alpha value is -2.48. The number of aromatic nitrogens is 3. The minimum Gasteiger partial charge on any atom is -0.487 e. The second kappa shape index (κ2) is 7.09. The average Bonchev–Trinajstić information content (AvgIpc) is 3.26. The Kier molecular flexibility index (Phi) is 4.53. The first-order chi connectivity index (χ1) is 14.0. The van der Waals surface area contributed by atoms with Crippen LogP contribution in [0.25, 0.3) is 11.0 Å². The van der Waals surface area contributed by atoms with Crippen LogP contribution in [0, 0.1) is 6.92 Å². The molecule has 0 aliphatic heterocycles. The zero-order valence-electron chi connectivity index (χ0n) is 16.4. The van der Waals surface area contributed by atoms with E-state index >= 15 is 0 Å². The van der Waals surface area contributed by atoms with Gasteiger partial charge in [-0.2, -0.15) is 0 Å². The standard InChI is InChI=1S/C22H26N4O3/c1-12-14-8-9-26(22(14)25-11-24-12)16-10-18(21(28)20(16)27)29-17-7-3-5-13-4-2-6-15(23)19(13)17/h3,5,7-9,11,15-16,18,20-21,27-28H,2,4,6,10,23H2,1H3/t15?,16-,18+,20+,21-/m1/s1. The molecule has 2 aromatic heterocycles. The number of fused-ring (bicyclic) bond motifs is 2. The van der Waals surface area contributed by atoms with Crippen molar-refractivity contribution in [2.24, 2.45) is 5.73 Å². The van der Waals surface area contributed by atoms with Crippen molar-refractivity contribution < 1.29 is 14.9 Å². The van der Waals surface area contributed by atoms with Gasteiger partial charge in [0, 0.05) is 29.6 Å². The Morgan fingerprint density at radius 1 is 1.17 bits per heavy atom. The molecule has 0 amide bonds. The highest BCUT2D eigenvalue weighted by Crippen LogP contribution is 2.40. The lowest BCUT2D eigenvalue weighted by Gasteiger charge is -2.27. The normalized spacial score (nSPS) is 29.2. The SMILES string of the molecule is Cc1ncnc2c1ccn2[C@@H]1C[C@H](Oc2cccc3c2C(N)CCC3)[C@@H](O)[C@H]1O. The first-order valence-corrected chi connectivity index (χ1v) is 10.2. The number of ether oxygens (including phenoxy) is 1. The van der Waals surface area contributed by atoms with Gasteiger partial charge in [-0.25, -0.2) is 9.97 Å². The molecule has 7 heteroatoms. The number of nitrogens with zero attached hydrogens (tertiary/aromatic N) is 3. The van der Waals surface area contributed by atoms with E-state index in [0.717, 1.165) is 47.3 Å². The van der Waals surface area contributed by atoms with Gasteiger partial charge in [-0.05, 0) is 43.9 Å². The molecule has 1 unspecified atom stereocenters. The van der Waals surface area contributed by atoms with Crippen molar-refractivity contribution in [3.05, 3.63) is 53.6 Å². The maximum absolute atomic E-state index is 10.8. The van der Waals surface area contributed by atoms with Crippen LogP contribution in [-0.2, 0) is 6.42 Å². The summed E-state index contributed by atoms with van der Waals surface area (Å²) >= 11 is 0. The smallest absolute Gasteiger partial charge is 0.143 e. The molecular formula is C22H26N4O3. The van der Waals surface area contributed by atoms with E-state index in [9.17, 15) is 10.2 Å². The van der Waals surface area contributed by atoms with Crippen LogP contribution in [0.5, 0.6) is 5.75 Å². The molecule has 3 aromatic rings. The van der Waals surface area contributed by atoms with E-state index in [2.05, 4.69) is 16.0 Å². The molecule has 5 rings (SSSR count). The molecule has 152 valence electrons. The van der Waals surface area contributed by atoms with Crippen LogP contribution in [0.2, 0.25) is 0 Å². The molecule has 2 heterocycles. The summed E-state index contributed by atoms with van der Waals surface area (Å²) in [5.41, 5.74) is 10.3. The highest BCUT2D eigenvalue weighted by Gasteiger charge is 2.44. The summed E-state index contributed by atoms with van der Waals surface area (Å²) in [6, 6.07) is 7.55. The summed E-state index contributed by atoms with van der Waals surface area (Å²) in [4.78, 5) is 8.61. The number of rotatable bonds is 3. The molecule has 29 heavy (non-hydrogen) atoms. The van der Waals surface area contributed by atoms with Gasteiger partial charge < -0.3 is 25.3 Å². The lowest BCUT2D eigenvalue weighted by atomic mass is 9.87. The molecule has 2 aliphatic rings. The van der Waals surface area contributed by atoms with E-state index in [1.54, 1.807) is 0 Å². The molecule has 2 aliphatic carbocycles. The topological polar surface area (TPSA) is 106 Å². The van der Waals surface area contributed by atoms with Gasteiger partial charge in [0.2, 0.25) is 0 Å². The van der Waals surface area contributed by atoms with Gasteiger partial charge in [0.25, 0.3) is 0 Å². The summed E-state index contributed by atoms with van der Waals surface area (Å²) in [5, 5.41) is 22.5. The van der Waals surface area contributed by atoms with Crippen molar-refractivity contribution in [2.75, 3.05) is 0 Å². The molecule has 7 nitrogen and oxygen atoms in total. The minimum atomic E-state index is -0.990. The van der Waals surface area contributed by atoms with Crippen LogP contribution >= 0.6 is 0 Å². The fourth-order valence-electron chi connectivity index (χ4n) is 4.88. The molecule has 0 bridgehead atoms. The Labute approximate surface area is 169 Å². The number of nitrogens with two attached hydrogens (primary N) is 1. The Bertz CT molecular complexity index is 1050. The third-order valence-corrected chi connectivity index (χ3v) is 6.43. The molecule has 1 fully saturated rings. The van der Waals surface area contributed by atoms with Gasteiger partial charge in [-0.1, -0.05) is 12.1 Å². The van der Waals surface area contributed by atoms with Crippen molar-refractivity contribution in [3.63, 3.8) is 0 Å². The van der Waals surface area contributed by atoms with Crippen molar-refractivity contribution in [1.29, 1.82) is 0 Å². The maximum atomic E-state index is 10.8. The molecule has 1 saturated carbocycles. The summed E-state index contributed by atoms with van der Waals surface area (Å²) in [6.07, 6.45) is 4.45. The Balaban J connectivity index is 1.44. The van der Waals surface area contributed by atoms with Crippen molar-refractivity contribution in [1.82, 2.24) is 14.5 Å². The van der Waals surface area contributed by atoms with E-state index in [0.29, 0.717) is 6.42 Å². The van der Waals surface area contributed by atoms with Crippen LogP contribution in [0.15, 0.2) is 36.8 Å². The molecule has 0 saturated heterocycles. The van der Waals surface area contributed by atoms with Crippen LogP contribution < -0.4 is 10.5 Å². The van der Waals surface area contributed by atoms with Gasteiger partial charge in [0.15, 0.2) is 0 Å². The summed E-state index contributed by atoms with van der Waals surface area (Å²) in [5.74, 6) is 0.724. The number of hydrogen-bond donors (Lipinski definition) is 3. The molecule has 0 spiro atoms. The first kappa shape index (κ1) is 18.5. The van der Waals surface area contributed by atoms with Crippen LogP contribution in [0.3, 0.4) is 0 Å². The zero-order chi connectivity index (χ0) is 20.1. The highest BCUT2D eigenvalue weighted by molar-refractivity contribution is 5.78. The Morgan fingerprint density at radius 2 is 2.03 bits per heavy atom. The van der Waals surface area contributed by atoms with Gasteiger partial charge >= 0.3 is 0 Å². The number of aliphatic hydroxyl groups excluding tert-OH is 2. The van der Waals surface area contributed by atoms with Crippen molar-refractivity contribution in [2.45, 2.75) is 63.0 Å². The Morgan fingerprint density at radius 3 is 2.90 bits per heavy atom. The third-order valence-electron chi connectivity index (χ3n) is 6.43. The quantitative estimate of drug-likeness (QED) is 0.629. The third kappa shape index (κ3) is 3.01. The molecule has 4 N–H and O–H groups in total. The number of aryl methyl sites for hydroxylation is 2. The monoisotopic (exact) mass is 394 g/mol. The lowest BCUT2D eigenvalue weighted by Crippen LogP contribution is -2.34. The molecule has 0 radical (unpaired) electrons. The van der Waals surface area contributed by atoms with Crippen molar-refractivity contribution in [3.8, 4) is 5.75 Å². The largest absolute Gasteiger partial charge is 0.487 e. The number of aliphatic hydroxyl groups is 2. The second-order valence-electron chi connectivity index (χ2n) is 8.19. The van der Waals surface area contributed by atoms with Gasteiger partial charge in [-0.15, -0.1) is 0 Å². The van der Waals surface area contributed by atoms with E-state index in [4.69, 9.17) is 10.5 Å². The summed E-state index contributed by atoms with van der Waals surface area (Å²) in [6.45, 7) is 1.93. The van der Waals surface area contributed by atoms with Crippen molar-refractivity contribution >= 4 is 11.0 Å². The lowest BCUT2D eigenvalue weighted by molar-refractivity contribution is -0.0167. The second-order valence-corrected chi connectivity index (χ2v) is 8.19. The fraction of sp³-hybridized carbons (Fsp3) is 0.455. The number of benzene rings is 1. The maximum Gasteiger partial charge on any atom is 0.143 e. The van der Waals surface area contributed by atoms with E-state index < -0.39 is 18.3 Å². The van der Waals surface area contributed by atoms with Gasteiger partial charge in [0.05, 0.1) is 11.7 Å². The van der Waals surface area contributed by atoms with E-state index in [-0.39, 0.29) is 12.1 Å². The fourth-order valence-corrected chi connectivity index (χ4v) is 4.88. The van der Waals surface area contributed by atoms with Crippen LogP contribution in [-0.4, -0.2) is 43.1 Å². The molecule has 5 atom stereocenters.